The van der Waals surface area contributed by atoms with Gasteiger partial charge in [0, 0.05) is 43.9 Å². The van der Waals surface area contributed by atoms with Gasteiger partial charge in [-0.15, -0.1) is 12.4 Å². The van der Waals surface area contributed by atoms with E-state index in [9.17, 15) is 4.79 Å². The number of halogens is 2. The highest BCUT2D eigenvalue weighted by atomic mass is 35.5. The Kier molecular flexibility index (Phi) is 9.63. The maximum atomic E-state index is 12.0. The number of hydrogen-bond donors (Lipinski definition) is 2. The topological polar surface area (TPSA) is 59.6 Å². The largest absolute Gasteiger partial charge is 0.383 e. The molecule has 0 saturated carbocycles. The summed E-state index contributed by atoms with van der Waals surface area (Å²) in [6.45, 7) is 3.49. The van der Waals surface area contributed by atoms with Crippen LogP contribution in [0.5, 0.6) is 0 Å². The number of carbonyl (C=O) groups is 1. The molecular formula is C17H26Cl2N2O3. The molecule has 0 bridgehead atoms. The van der Waals surface area contributed by atoms with Gasteiger partial charge in [-0.05, 0) is 24.5 Å². The number of ether oxygens (including phenoxy) is 2. The fourth-order valence-corrected chi connectivity index (χ4v) is 3.24. The van der Waals surface area contributed by atoms with Gasteiger partial charge < -0.3 is 20.1 Å². The Morgan fingerprint density at radius 1 is 1.33 bits per heavy atom. The molecule has 2 rings (SSSR count). The van der Waals surface area contributed by atoms with Crippen LogP contribution in [0.3, 0.4) is 0 Å². The Morgan fingerprint density at radius 3 is 2.71 bits per heavy atom. The summed E-state index contributed by atoms with van der Waals surface area (Å²) in [5.74, 6) is -0.0148. The monoisotopic (exact) mass is 376 g/mol. The Hall–Kier alpha value is -0.850. The van der Waals surface area contributed by atoms with Crippen LogP contribution in [-0.2, 0) is 19.7 Å². The van der Waals surface area contributed by atoms with E-state index in [4.69, 9.17) is 21.1 Å². The van der Waals surface area contributed by atoms with Crippen LogP contribution in [-0.4, -0.2) is 52.5 Å². The van der Waals surface area contributed by atoms with Gasteiger partial charge in [-0.3, -0.25) is 4.79 Å². The first-order chi connectivity index (χ1) is 11.2. The van der Waals surface area contributed by atoms with Crippen LogP contribution in [0.1, 0.15) is 18.4 Å². The van der Waals surface area contributed by atoms with Crippen molar-refractivity contribution in [2.45, 2.75) is 18.3 Å². The molecule has 0 atom stereocenters. The van der Waals surface area contributed by atoms with Crippen LogP contribution in [0.25, 0.3) is 0 Å². The SMILES string of the molecule is COCCNCC(=O)NCC1(c2ccccc2Cl)CCOCC1.Cl. The van der Waals surface area contributed by atoms with Crippen LogP contribution in [0.2, 0.25) is 5.02 Å². The second kappa shape index (κ2) is 10.9. The minimum Gasteiger partial charge on any atom is -0.383 e. The lowest BCUT2D eigenvalue weighted by atomic mass is 9.74. The molecule has 2 N–H and O–H groups in total. The van der Waals surface area contributed by atoms with Gasteiger partial charge in [0.15, 0.2) is 0 Å². The minimum atomic E-state index is -0.154. The minimum absolute atomic E-state index is 0. The lowest BCUT2D eigenvalue weighted by Crippen LogP contribution is -2.46. The molecule has 0 aliphatic carbocycles. The number of hydrogen-bond acceptors (Lipinski definition) is 4. The second-order valence-electron chi connectivity index (χ2n) is 5.82. The average molecular weight is 377 g/mol. The summed E-state index contributed by atoms with van der Waals surface area (Å²) in [6, 6.07) is 7.88. The van der Waals surface area contributed by atoms with Crippen molar-refractivity contribution in [3.63, 3.8) is 0 Å². The van der Waals surface area contributed by atoms with Crippen LogP contribution in [0, 0.1) is 0 Å². The van der Waals surface area contributed by atoms with E-state index >= 15 is 0 Å². The summed E-state index contributed by atoms with van der Waals surface area (Å²) in [5, 5.41) is 6.84. The molecule has 136 valence electrons. The summed E-state index contributed by atoms with van der Waals surface area (Å²) in [6.07, 6.45) is 1.71. The summed E-state index contributed by atoms with van der Waals surface area (Å²) in [7, 11) is 1.64. The number of nitrogens with one attached hydrogen (secondary N) is 2. The van der Waals surface area contributed by atoms with Crippen LogP contribution < -0.4 is 10.6 Å². The zero-order valence-electron chi connectivity index (χ0n) is 14.0. The maximum Gasteiger partial charge on any atom is 0.233 e. The molecule has 1 aliphatic rings. The van der Waals surface area contributed by atoms with Gasteiger partial charge in [0.25, 0.3) is 0 Å². The third kappa shape index (κ3) is 5.90. The fourth-order valence-electron chi connectivity index (χ4n) is 2.90. The van der Waals surface area contributed by atoms with Gasteiger partial charge >= 0.3 is 0 Å². The van der Waals surface area contributed by atoms with Gasteiger partial charge in [-0.2, -0.15) is 0 Å². The molecule has 24 heavy (non-hydrogen) atoms. The molecular weight excluding hydrogens is 351 g/mol. The number of carbonyl (C=O) groups excluding carboxylic acids is 1. The number of benzene rings is 1. The van der Waals surface area contributed by atoms with Crippen LogP contribution in [0.15, 0.2) is 24.3 Å². The Morgan fingerprint density at radius 2 is 2.04 bits per heavy atom. The van der Waals surface area contributed by atoms with E-state index < -0.39 is 0 Å². The second-order valence-corrected chi connectivity index (χ2v) is 6.23. The van der Waals surface area contributed by atoms with Crippen molar-refractivity contribution in [2.24, 2.45) is 0 Å². The molecule has 1 heterocycles. The molecule has 1 amide bonds. The first-order valence-electron chi connectivity index (χ1n) is 7.97. The molecule has 0 unspecified atom stereocenters. The standard InChI is InChI=1S/C17H25ClN2O3.ClH/c1-22-11-8-19-12-16(21)20-13-17(6-9-23-10-7-17)14-4-2-3-5-15(14)18;/h2-5,19H,6-13H2,1H3,(H,20,21);1H. The van der Waals surface area contributed by atoms with Crippen molar-refractivity contribution in [2.75, 3.05) is 46.6 Å². The van der Waals surface area contributed by atoms with E-state index in [1.807, 2.05) is 18.2 Å². The highest BCUT2D eigenvalue weighted by Crippen LogP contribution is 2.38. The summed E-state index contributed by atoms with van der Waals surface area (Å²) < 4.78 is 10.4. The summed E-state index contributed by atoms with van der Waals surface area (Å²) in [4.78, 5) is 12.0. The van der Waals surface area contributed by atoms with Gasteiger partial charge in [0.2, 0.25) is 5.91 Å². The van der Waals surface area contributed by atoms with Crippen LogP contribution >= 0.6 is 24.0 Å². The fraction of sp³-hybridized carbons (Fsp3) is 0.588. The molecule has 1 aliphatic heterocycles. The number of methoxy groups -OCH3 is 1. The van der Waals surface area contributed by atoms with Gasteiger partial charge in [-0.1, -0.05) is 29.8 Å². The Balaban J connectivity index is 0.00000288. The zero-order valence-corrected chi connectivity index (χ0v) is 15.5. The lowest BCUT2D eigenvalue weighted by molar-refractivity contribution is -0.120. The van der Waals surface area contributed by atoms with Gasteiger partial charge in [0.1, 0.15) is 0 Å². The first kappa shape index (κ1) is 21.2. The molecule has 1 aromatic rings. The molecule has 0 spiro atoms. The van der Waals surface area contributed by atoms with Crippen molar-refractivity contribution in [1.29, 1.82) is 0 Å². The van der Waals surface area contributed by atoms with Crippen molar-refractivity contribution < 1.29 is 14.3 Å². The van der Waals surface area contributed by atoms with Crippen molar-refractivity contribution in [3.8, 4) is 0 Å². The van der Waals surface area contributed by atoms with Crippen molar-refractivity contribution in [1.82, 2.24) is 10.6 Å². The maximum absolute atomic E-state index is 12.0. The molecule has 1 aromatic carbocycles. The summed E-state index contributed by atoms with van der Waals surface area (Å²) >= 11 is 6.40. The Bertz CT molecular complexity index is 508. The molecule has 0 aromatic heterocycles. The smallest absolute Gasteiger partial charge is 0.233 e. The lowest BCUT2D eigenvalue weighted by Gasteiger charge is -2.38. The average Bonchev–Trinajstić information content (AvgIpc) is 2.58. The van der Waals surface area contributed by atoms with Crippen molar-refractivity contribution in [3.05, 3.63) is 34.9 Å². The van der Waals surface area contributed by atoms with Gasteiger partial charge in [-0.25, -0.2) is 0 Å². The zero-order chi connectivity index (χ0) is 16.5. The molecule has 7 heteroatoms. The number of amides is 1. The van der Waals surface area contributed by atoms with E-state index in [0.29, 0.717) is 39.5 Å². The predicted octanol–water partition coefficient (Wildman–Crippen LogP) is 2.16. The third-order valence-corrected chi connectivity index (χ3v) is 4.62. The predicted molar refractivity (Wildman–Crippen MR) is 98.2 cm³/mol. The van der Waals surface area contributed by atoms with E-state index in [1.54, 1.807) is 7.11 Å². The first-order valence-corrected chi connectivity index (χ1v) is 8.35. The molecule has 1 fully saturated rings. The summed E-state index contributed by atoms with van der Waals surface area (Å²) in [5.41, 5.74) is 0.941. The van der Waals surface area contributed by atoms with Crippen LogP contribution in [0.4, 0.5) is 0 Å². The van der Waals surface area contributed by atoms with E-state index in [0.717, 1.165) is 23.4 Å². The number of rotatable bonds is 8. The van der Waals surface area contributed by atoms with Crippen molar-refractivity contribution >= 4 is 29.9 Å². The van der Waals surface area contributed by atoms with E-state index in [-0.39, 0.29) is 23.7 Å². The quantitative estimate of drug-likeness (QED) is 0.682. The normalized spacial score (nSPS) is 16.2. The third-order valence-electron chi connectivity index (χ3n) is 4.29. The van der Waals surface area contributed by atoms with E-state index in [2.05, 4.69) is 16.7 Å². The Labute approximate surface area is 154 Å². The molecule has 0 radical (unpaired) electrons. The van der Waals surface area contributed by atoms with E-state index in [1.165, 1.54) is 0 Å². The molecule has 1 saturated heterocycles. The molecule has 5 nitrogen and oxygen atoms in total. The van der Waals surface area contributed by atoms with Gasteiger partial charge in [0.05, 0.1) is 13.2 Å². The highest BCUT2D eigenvalue weighted by Gasteiger charge is 2.36. The highest BCUT2D eigenvalue weighted by molar-refractivity contribution is 6.31.